The van der Waals surface area contributed by atoms with Crippen LogP contribution in [0.4, 0.5) is 0 Å². The molecule has 0 spiro atoms. The molecule has 1 nitrogen and oxygen atoms in total. The number of benzene rings is 1. The lowest BCUT2D eigenvalue weighted by Crippen LogP contribution is -2.11. The minimum absolute atomic E-state index is 0.224. The Hall–Kier alpha value is -0.820. The van der Waals surface area contributed by atoms with Crippen molar-refractivity contribution < 1.29 is 0 Å². The van der Waals surface area contributed by atoms with Gasteiger partial charge in [-0.2, -0.15) is 0 Å². The molecule has 1 aromatic rings. The average molecular weight is 219 g/mol. The van der Waals surface area contributed by atoms with Gasteiger partial charge in [0.15, 0.2) is 0 Å². The van der Waals surface area contributed by atoms with Crippen molar-refractivity contribution >= 4 is 0 Å². The molecular weight excluding hydrogens is 194 g/mol. The van der Waals surface area contributed by atoms with E-state index in [-0.39, 0.29) is 6.04 Å². The lowest BCUT2D eigenvalue weighted by atomic mass is 9.89. The van der Waals surface area contributed by atoms with Crippen molar-refractivity contribution in [1.82, 2.24) is 0 Å². The van der Waals surface area contributed by atoms with E-state index in [1.165, 1.54) is 36.8 Å². The first-order valence-electron chi connectivity index (χ1n) is 6.68. The lowest BCUT2D eigenvalue weighted by Gasteiger charge is -2.18. The van der Waals surface area contributed by atoms with Crippen molar-refractivity contribution in [2.45, 2.75) is 58.9 Å². The molecule has 0 aliphatic heterocycles. The smallest absolute Gasteiger partial charge is 0.0292 e. The highest BCUT2D eigenvalue weighted by Crippen LogP contribution is 2.24. The van der Waals surface area contributed by atoms with Crippen LogP contribution < -0.4 is 5.73 Å². The van der Waals surface area contributed by atoms with Gasteiger partial charge >= 0.3 is 0 Å². The van der Waals surface area contributed by atoms with Crippen molar-refractivity contribution in [3.05, 3.63) is 34.9 Å². The summed E-state index contributed by atoms with van der Waals surface area (Å²) in [6.07, 6.45) is 6.24. The maximum Gasteiger partial charge on any atom is 0.0292 e. The number of hydrogen-bond donors (Lipinski definition) is 1. The molecule has 16 heavy (non-hydrogen) atoms. The van der Waals surface area contributed by atoms with Crippen LogP contribution in [0.25, 0.3) is 0 Å². The maximum atomic E-state index is 6.03. The standard InChI is InChI=1S/C13H19N.C2H6/c1-2-13(14)12-8-7-10-5-3-4-6-11(10)9-12;1-2/h7-9,13H,2-6,14H2,1H3;1-2H3. The van der Waals surface area contributed by atoms with Gasteiger partial charge in [-0.15, -0.1) is 0 Å². The van der Waals surface area contributed by atoms with Crippen LogP contribution in [0.5, 0.6) is 0 Å². The molecule has 0 bridgehead atoms. The van der Waals surface area contributed by atoms with Gasteiger partial charge in [0.2, 0.25) is 0 Å². The molecule has 1 aliphatic carbocycles. The summed E-state index contributed by atoms with van der Waals surface area (Å²) in [5, 5.41) is 0. The Balaban J connectivity index is 0.000000606. The first-order valence-corrected chi connectivity index (χ1v) is 6.68. The zero-order chi connectivity index (χ0) is 12.0. The Morgan fingerprint density at radius 1 is 1.12 bits per heavy atom. The number of fused-ring (bicyclic) bond motifs is 1. The number of nitrogens with two attached hydrogens (primary N) is 1. The summed E-state index contributed by atoms with van der Waals surface area (Å²) < 4.78 is 0. The molecule has 0 heterocycles. The monoisotopic (exact) mass is 219 g/mol. The second-order valence-corrected chi connectivity index (χ2v) is 4.25. The Bertz CT molecular complexity index is 317. The van der Waals surface area contributed by atoms with Crippen LogP contribution in [-0.4, -0.2) is 0 Å². The third kappa shape index (κ3) is 3.08. The van der Waals surface area contributed by atoms with Crippen molar-refractivity contribution in [3.63, 3.8) is 0 Å². The number of rotatable bonds is 2. The van der Waals surface area contributed by atoms with Gasteiger partial charge in [0.25, 0.3) is 0 Å². The van der Waals surface area contributed by atoms with E-state index in [1.807, 2.05) is 13.8 Å². The van der Waals surface area contributed by atoms with Crippen LogP contribution in [0.15, 0.2) is 18.2 Å². The zero-order valence-electron chi connectivity index (χ0n) is 10.9. The Morgan fingerprint density at radius 2 is 1.75 bits per heavy atom. The van der Waals surface area contributed by atoms with Crippen LogP contribution in [-0.2, 0) is 12.8 Å². The normalized spacial score (nSPS) is 15.8. The van der Waals surface area contributed by atoms with E-state index >= 15 is 0 Å². The zero-order valence-corrected chi connectivity index (χ0v) is 10.9. The fraction of sp³-hybridized carbons (Fsp3) is 0.600. The van der Waals surface area contributed by atoms with Gasteiger partial charge < -0.3 is 5.73 Å². The summed E-state index contributed by atoms with van der Waals surface area (Å²) in [6, 6.07) is 7.03. The number of hydrogen-bond acceptors (Lipinski definition) is 1. The molecule has 90 valence electrons. The molecule has 1 atom stereocenters. The van der Waals surface area contributed by atoms with Gasteiger partial charge in [-0.25, -0.2) is 0 Å². The van der Waals surface area contributed by atoms with Gasteiger partial charge in [0.05, 0.1) is 0 Å². The van der Waals surface area contributed by atoms with Gasteiger partial charge in [-0.3, -0.25) is 0 Å². The van der Waals surface area contributed by atoms with Crippen LogP contribution in [0.2, 0.25) is 0 Å². The molecule has 0 saturated carbocycles. The summed E-state index contributed by atoms with van der Waals surface area (Å²) in [5.41, 5.74) is 10.4. The summed E-state index contributed by atoms with van der Waals surface area (Å²) in [7, 11) is 0. The van der Waals surface area contributed by atoms with Crippen LogP contribution >= 0.6 is 0 Å². The van der Waals surface area contributed by atoms with E-state index in [0.717, 1.165) is 6.42 Å². The van der Waals surface area contributed by atoms with Gasteiger partial charge in [-0.05, 0) is 48.8 Å². The Kier molecular flexibility index (Phi) is 5.54. The molecular formula is C15H25N. The highest BCUT2D eigenvalue weighted by molar-refractivity contribution is 5.35. The molecule has 1 heteroatoms. The van der Waals surface area contributed by atoms with Crippen molar-refractivity contribution in [3.8, 4) is 0 Å². The molecule has 2 rings (SSSR count). The highest BCUT2D eigenvalue weighted by atomic mass is 14.6. The molecule has 2 N–H and O–H groups in total. The van der Waals surface area contributed by atoms with E-state index < -0.39 is 0 Å². The fourth-order valence-corrected chi connectivity index (χ4v) is 2.22. The minimum Gasteiger partial charge on any atom is -0.324 e. The first kappa shape index (κ1) is 13.2. The van der Waals surface area contributed by atoms with Crippen LogP contribution in [0.1, 0.15) is 62.8 Å². The molecule has 0 radical (unpaired) electrons. The second-order valence-electron chi connectivity index (χ2n) is 4.25. The largest absolute Gasteiger partial charge is 0.324 e. The molecule has 0 aromatic heterocycles. The molecule has 1 aliphatic rings. The number of aryl methyl sites for hydroxylation is 2. The maximum absolute atomic E-state index is 6.03. The summed E-state index contributed by atoms with van der Waals surface area (Å²) in [4.78, 5) is 0. The molecule has 0 amide bonds. The first-order chi connectivity index (χ1) is 7.81. The highest BCUT2D eigenvalue weighted by Gasteiger charge is 2.11. The van der Waals surface area contributed by atoms with E-state index in [9.17, 15) is 0 Å². The van der Waals surface area contributed by atoms with Gasteiger partial charge in [-0.1, -0.05) is 39.0 Å². The van der Waals surface area contributed by atoms with Gasteiger partial charge in [0.1, 0.15) is 0 Å². The second kappa shape index (κ2) is 6.70. The Morgan fingerprint density at radius 3 is 2.38 bits per heavy atom. The van der Waals surface area contributed by atoms with E-state index in [2.05, 4.69) is 25.1 Å². The van der Waals surface area contributed by atoms with Crippen molar-refractivity contribution in [2.24, 2.45) is 5.73 Å². The SMILES string of the molecule is CC.CCC(N)c1ccc2c(c1)CCCC2. The quantitative estimate of drug-likeness (QED) is 0.799. The third-order valence-electron chi connectivity index (χ3n) is 3.24. The molecule has 0 saturated heterocycles. The predicted octanol–water partition coefficient (Wildman–Crippen LogP) is 4.00. The van der Waals surface area contributed by atoms with Crippen molar-refractivity contribution in [1.29, 1.82) is 0 Å². The average Bonchev–Trinajstić information content (AvgIpc) is 2.39. The van der Waals surface area contributed by atoms with E-state index in [0.29, 0.717) is 0 Å². The molecule has 1 aromatic carbocycles. The van der Waals surface area contributed by atoms with Crippen LogP contribution in [0, 0.1) is 0 Å². The minimum atomic E-state index is 0.224. The van der Waals surface area contributed by atoms with E-state index in [4.69, 9.17) is 5.73 Å². The topological polar surface area (TPSA) is 26.0 Å². The Labute approximate surface area is 100 Å². The lowest BCUT2D eigenvalue weighted by molar-refractivity contribution is 0.669. The summed E-state index contributed by atoms with van der Waals surface area (Å²) >= 11 is 0. The molecule has 0 fully saturated rings. The van der Waals surface area contributed by atoms with Crippen LogP contribution in [0.3, 0.4) is 0 Å². The summed E-state index contributed by atoms with van der Waals surface area (Å²) in [6.45, 7) is 6.14. The predicted molar refractivity (Wildman–Crippen MR) is 71.7 cm³/mol. The molecule has 1 unspecified atom stereocenters. The summed E-state index contributed by atoms with van der Waals surface area (Å²) in [5.74, 6) is 0. The van der Waals surface area contributed by atoms with Crippen molar-refractivity contribution in [2.75, 3.05) is 0 Å². The van der Waals surface area contributed by atoms with Gasteiger partial charge in [0, 0.05) is 6.04 Å². The third-order valence-corrected chi connectivity index (χ3v) is 3.24. The fourth-order valence-electron chi connectivity index (χ4n) is 2.22. The van der Waals surface area contributed by atoms with E-state index in [1.54, 1.807) is 5.56 Å².